The molecule has 0 spiro atoms. The number of amides is 1. The number of carbonyl (C=O) groups excluding carboxylic acids is 1. The Kier molecular flexibility index (Phi) is 5.14. The summed E-state index contributed by atoms with van der Waals surface area (Å²) < 4.78 is 0. The number of thioether (sulfide) groups is 1. The highest BCUT2D eigenvalue weighted by molar-refractivity contribution is 7.99. The van der Waals surface area contributed by atoms with Crippen LogP contribution in [0.3, 0.4) is 0 Å². The first kappa shape index (κ1) is 14.3. The Bertz CT molecular complexity index is 448. The molecule has 1 aliphatic heterocycles. The molecule has 104 valence electrons. The standard InChI is InChI=1S/C15H22N2OS/c1-3-19-10-4-8-16-14-5-6-15-13(11-14)7-9-17(15)12(2)18/h5-6,11,16H,3-4,7-10H2,1-2H3. The molecule has 0 atom stereocenters. The first-order valence-corrected chi connectivity index (χ1v) is 8.10. The van der Waals surface area contributed by atoms with Gasteiger partial charge < -0.3 is 10.2 Å². The second kappa shape index (κ2) is 6.85. The summed E-state index contributed by atoms with van der Waals surface area (Å²) in [6, 6.07) is 6.32. The Balaban J connectivity index is 1.90. The van der Waals surface area contributed by atoms with Crippen molar-refractivity contribution in [2.45, 2.75) is 26.7 Å². The van der Waals surface area contributed by atoms with E-state index in [1.165, 1.54) is 29.2 Å². The molecule has 2 rings (SSSR count). The van der Waals surface area contributed by atoms with E-state index in [9.17, 15) is 4.79 Å². The van der Waals surface area contributed by atoms with Crippen molar-refractivity contribution in [3.63, 3.8) is 0 Å². The van der Waals surface area contributed by atoms with Crippen molar-refractivity contribution in [2.24, 2.45) is 0 Å². The zero-order chi connectivity index (χ0) is 13.7. The van der Waals surface area contributed by atoms with E-state index < -0.39 is 0 Å². The molecule has 0 aromatic heterocycles. The van der Waals surface area contributed by atoms with Crippen molar-refractivity contribution < 1.29 is 4.79 Å². The van der Waals surface area contributed by atoms with E-state index in [-0.39, 0.29) is 5.91 Å². The molecule has 1 aliphatic rings. The summed E-state index contributed by atoms with van der Waals surface area (Å²) >= 11 is 1.98. The van der Waals surface area contributed by atoms with Crippen molar-refractivity contribution in [1.29, 1.82) is 0 Å². The van der Waals surface area contributed by atoms with E-state index >= 15 is 0 Å². The Morgan fingerprint density at radius 1 is 1.47 bits per heavy atom. The molecule has 1 heterocycles. The van der Waals surface area contributed by atoms with Gasteiger partial charge in [0, 0.05) is 31.4 Å². The van der Waals surface area contributed by atoms with Gasteiger partial charge in [-0.1, -0.05) is 6.92 Å². The maximum Gasteiger partial charge on any atom is 0.223 e. The number of anilines is 2. The number of carbonyl (C=O) groups is 1. The van der Waals surface area contributed by atoms with E-state index in [2.05, 4.69) is 30.4 Å². The summed E-state index contributed by atoms with van der Waals surface area (Å²) in [6.07, 6.45) is 2.16. The minimum absolute atomic E-state index is 0.135. The van der Waals surface area contributed by atoms with Crippen LogP contribution in [0.25, 0.3) is 0 Å². The van der Waals surface area contributed by atoms with E-state index in [4.69, 9.17) is 0 Å². The van der Waals surface area contributed by atoms with Crippen LogP contribution in [0.1, 0.15) is 25.8 Å². The average molecular weight is 278 g/mol. The minimum atomic E-state index is 0.135. The van der Waals surface area contributed by atoms with Gasteiger partial charge in [-0.25, -0.2) is 0 Å². The molecule has 1 amide bonds. The van der Waals surface area contributed by atoms with Crippen LogP contribution in [-0.2, 0) is 11.2 Å². The number of fused-ring (bicyclic) bond motifs is 1. The van der Waals surface area contributed by atoms with Crippen molar-refractivity contribution in [2.75, 3.05) is 34.8 Å². The SMILES string of the molecule is CCSCCCNc1ccc2c(c1)CCN2C(C)=O. The maximum atomic E-state index is 11.5. The number of hydrogen-bond donors (Lipinski definition) is 1. The highest BCUT2D eigenvalue weighted by Gasteiger charge is 2.21. The van der Waals surface area contributed by atoms with Gasteiger partial charge in [0.2, 0.25) is 5.91 Å². The Morgan fingerprint density at radius 3 is 3.05 bits per heavy atom. The van der Waals surface area contributed by atoms with Gasteiger partial charge in [0.05, 0.1) is 0 Å². The normalized spacial score (nSPS) is 13.5. The number of rotatable bonds is 6. The fourth-order valence-electron chi connectivity index (χ4n) is 2.39. The number of hydrogen-bond acceptors (Lipinski definition) is 3. The molecule has 3 nitrogen and oxygen atoms in total. The van der Waals surface area contributed by atoms with Gasteiger partial charge in [0.1, 0.15) is 0 Å². The minimum Gasteiger partial charge on any atom is -0.385 e. The van der Waals surface area contributed by atoms with Crippen molar-refractivity contribution in [3.8, 4) is 0 Å². The van der Waals surface area contributed by atoms with Gasteiger partial charge in [0.25, 0.3) is 0 Å². The van der Waals surface area contributed by atoms with Crippen LogP contribution in [0.2, 0.25) is 0 Å². The van der Waals surface area contributed by atoms with Gasteiger partial charge in [-0.2, -0.15) is 11.8 Å². The summed E-state index contributed by atoms with van der Waals surface area (Å²) in [6.45, 7) is 5.66. The molecule has 19 heavy (non-hydrogen) atoms. The number of nitrogens with one attached hydrogen (secondary N) is 1. The van der Waals surface area contributed by atoms with Gasteiger partial charge >= 0.3 is 0 Å². The molecule has 4 heteroatoms. The number of nitrogens with zero attached hydrogens (tertiary/aromatic N) is 1. The molecule has 0 fully saturated rings. The molecule has 0 aliphatic carbocycles. The average Bonchev–Trinajstić information content (AvgIpc) is 2.81. The summed E-state index contributed by atoms with van der Waals surface area (Å²) in [5.41, 5.74) is 3.54. The zero-order valence-corrected chi connectivity index (χ0v) is 12.6. The molecule has 0 bridgehead atoms. The van der Waals surface area contributed by atoms with Crippen molar-refractivity contribution >= 4 is 29.0 Å². The first-order chi connectivity index (χ1) is 9.22. The largest absolute Gasteiger partial charge is 0.385 e. The predicted octanol–water partition coefficient (Wildman–Crippen LogP) is 3.15. The third kappa shape index (κ3) is 3.66. The van der Waals surface area contributed by atoms with E-state index in [1.807, 2.05) is 16.7 Å². The van der Waals surface area contributed by atoms with E-state index in [0.29, 0.717) is 0 Å². The fraction of sp³-hybridized carbons (Fsp3) is 0.533. The Morgan fingerprint density at radius 2 is 2.32 bits per heavy atom. The summed E-state index contributed by atoms with van der Waals surface area (Å²) in [4.78, 5) is 13.3. The third-order valence-electron chi connectivity index (χ3n) is 3.35. The zero-order valence-electron chi connectivity index (χ0n) is 11.7. The lowest BCUT2D eigenvalue weighted by Gasteiger charge is -2.15. The van der Waals surface area contributed by atoms with Gasteiger partial charge in [-0.15, -0.1) is 0 Å². The maximum absolute atomic E-state index is 11.5. The molecular formula is C15H22N2OS. The van der Waals surface area contributed by atoms with Crippen LogP contribution < -0.4 is 10.2 Å². The first-order valence-electron chi connectivity index (χ1n) is 6.95. The van der Waals surface area contributed by atoms with Crippen molar-refractivity contribution in [1.82, 2.24) is 0 Å². The summed E-state index contributed by atoms with van der Waals surface area (Å²) in [7, 11) is 0. The molecule has 0 saturated heterocycles. The lowest BCUT2D eigenvalue weighted by atomic mass is 10.1. The predicted molar refractivity (Wildman–Crippen MR) is 84.3 cm³/mol. The lowest BCUT2D eigenvalue weighted by molar-refractivity contribution is -0.116. The van der Waals surface area contributed by atoms with E-state index in [0.717, 1.165) is 25.2 Å². The number of benzene rings is 1. The monoisotopic (exact) mass is 278 g/mol. The molecule has 0 radical (unpaired) electrons. The summed E-state index contributed by atoms with van der Waals surface area (Å²) in [5.74, 6) is 2.54. The van der Waals surface area contributed by atoms with Crippen molar-refractivity contribution in [3.05, 3.63) is 23.8 Å². The molecule has 0 saturated carbocycles. The highest BCUT2D eigenvalue weighted by Crippen LogP contribution is 2.30. The Hall–Kier alpha value is -1.16. The lowest BCUT2D eigenvalue weighted by Crippen LogP contribution is -2.25. The molecule has 0 unspecified atom stereocenters. The third-order valence-corrected chi connectivity index (χ3v) is 4.34. The fourth-order valence-corrected chi connectivity index (χ4v) is 3.03. The summed E-state index contributed by atoms with van der Waals surface area (Å²) in [5, 5.41) is 3.46. The van der Waals surface area contributed by atoms with Crippen LogP contribution in [0, 0.1) is 0 Å². The van der Waals surface area contributed by atoms with Crippen LogP contribution in [0.5, 0.6) is 0 Å². The Labute approximate surface area is 119 Å². The van der Waals surface area contributed by atoms with Crippen LogP contribution in [-0.4, -0.2) is 30.5 Å². The second-order valence-electron chi connectivity index (χ2n) is 4.74. The van der Waals surface area contributed by atoms with Gasteiger partial charge in [-0.05, 0) is 48.1 Å². The molecule has 1 aromatic carbocycles. The smallest absolute Gasteiger partial charge is 0.223 e. The second-order valence-corrected chi connectivity index (χ2v) is 6.14. The topological polar surface area (TPSA) is 32.3 Å². The highest BCUT2D eigenvalue weighted by atomic mass is 32.2. The quantitative estimate of drug-likeness (QED) is 0.811. The molecular weight excluding hydrogens is 256 g/mol. The van der Waals surface area contributed by atoms with Gasteiger partial charge in [0.15, 0.2) is 0 Å². The van der Waals surface area contributed by atoms with Crippen LogP contribution >= 0.6 is 11.8 Å². The van der Waals surface area contributed by atoms with Gasteiger partial charge in [-0.3, -0.25) is 4.79 Å². The molecule has 1 N–H and O–H groups in total. The van der Waals surface area contributed by atoms with Crippen LogP contribution in [0.4, 0.5) is 11.4 Å². The molecule has 1 aromatic rings. The van der Waals surface area contributed by atoms with Crippen LogP contribution in [0.15, 0.2) is 18.2 Å². The van der Waals surface area contributed by atoms with E-state index in [1.54, 1.807) is 6.92 Å².